The van der Waals surface area contributed by atoms with E-state index in [2.05, 4.69) is 0 Å². The van der Waals surface area contributed by atoms with Gasteiger partial charge in [0.1, 0.15) is 11.2 Å². The molecule has 0 saturated heterocycles. The molecule has 0 atom stereocenters. The minimum atomic E-state index is -1.68. The van der Waals surface area contributed by atoms with Gasteiger partial charge in [0.15, 0.2) is 0 Å². The molecular weight excluding hydrogens is 548 g/mol. The fourth-order valence-corrected chi connectivity index (χ4v) is 2.58. The number of esters is 2. The van der Waals surface area contributed by atoms with Gasteiger partial charge in [-0.2, -0.15) is 0 Å². The highest BCUT2D eigenvalue weighted by molar-refractivity contribution is 5.88. The Bertz CT molecular complexity index is 909. The second-order valence-corrected chi connectivity index (χ2v) is 14.3. The Labute approximate surface area is 252 Å². The van der Waals surface area contributed by atoms with Crippen LogP contribution in [0.25, 0.3) is 0 Å². The third-order valence-electron chi connectivity index (χ3n) is 4.81. The van der Waals surface area contributed by atoms with Crippen molar-refractivity contribution in [2.45, 2.75) is 158 Å². The van der Waals surface area contributed by atoms with Crippen LogP contribution in [0.15, 0.2) is 23.3 Å². The van der Waals surface area contributed by atoms with E-state index in [-0.39, 0.29) is 11.1 Å². The second kappa shape index (κ2) is 14.8. The first-order valence-electron chi connectivity index (χ1n) is 14.0. The molecule has 0 saturated carbocycles. The van der Waals surface area contributed by atoms with Gasteiger partial charge in [0.05, 0.1) is 11.2 Å². The van der Waals surface area contributed by atoms with E-state index in [4.69, 9.17) is 38.5 Å². The molecule has 0 aromatic carbocycles. The van der Waals surface area contributed by atoms with Crippen molar-refractivity contribution in [2.75, 3.05) is 0 Å². The van der Waals surface area contributed by atoms with E-state index in [1.807, 2.05) is 69.2 Å². The Morgan fingerprint density at radius 2 is 0.762 bits per heavy atom. The lowest BCUT2D eigenvalue weighted by atomic mass is 10.0. The van der Waals surface area contributed by atoms with Crippen molar-refractivity contribution >= 4 is 18.1 Å². The highest BCUT2D eigenvalue weighted by Gasteiger charge is 2.35. The smallest absolute Gasteiger partial charge is 0.420 e. The highest BCUT2D eigenvalue weighted by Crippen LogP contribution is 2.24. The summed E-state index contributed by atoms with van der Waals surface area (Å²) in [6.07, 6.45) is 2.81. The lowest BCUT2D eigenvalue weighted by Gasteiger charge is -2.29. The van der Waals surface area contributed by atoms with Gasteiger partial charge >= 0.3 is 18.1 Å². The predicted molar refractivity (Wildman–Crippen MR) is 157 cm³/mol. The first-order valence-corrected chi connectivity index (χ1v) is 14.0. The molecular formula is C31H54O11. The van der Waals surface area contributed by atoms with Crippen LogP contribution in [0.1, 0.15) is 124 Å². The van der Waals surface area contributed by atoms with Gasteiger partial charge < -0.3 is 18.9 Å². The molecule has 0 aromatic rings. The Balaban J connectivity index is 5.02. The maximum absolute atomic E-state index is 12.6. The third kappa shape index (κ3) is 18.9. The first kappa shape index (κ1) is 39.5. The molecule has 0 unspecified atom stereocenters. The number of carbonyl (C=O) groups excluding carboxylic acids is 3. The van der Waals surface area contributed by atoms with Crippen LogP contribution in [0, 0.1) is 0 Å². The fraction of sp³-hybridized carbons (Fsp3) is 0.774. The summed E-state index contributed by atoms with van der Waals surface area (Å²) in [5, 5.41) is 0. The van der Waals surface area contributed by atoms with E-state index < -0.39 is 52.1 Å². The molecule has 244 valence electrons. The van der Waals surface area contributed by atoms with E-state index >= 15 is 0 Å². The van der Waals surface area contributed by atoms with E-state index in [9.17, 15) is 14.4 Å². The van der Waals surface area contributed by atoms with Gasteiger partial charge in [0, 0.05) is 38.8 Å². The summed E-state index contributed by atoms with van der Waals surface area (Å²) in [4.78, 5) is 59.4. The molecule has 0 amide bonds. The summed E-state index contributed by atoms with van der Waals surface area (Å²) in [7, 11) is 0. The molecule has 0 spiro atoms. The Kier molecular flexibility index (Phi) is 13.9. The zero-order chi connectivity index (χ0) is 33.4. The normalized spacial score (nSPS) is 14.4. The van der Waals surface area contributed by atoms with Crippen LogP contribution < -0.4 is 0 Å². The van der Waals surface area contributed by atoms with Crippen LogP contribution in [0.2, 0.25) is 0 Å². The van der Waals surface area contributed by atoms with Crippen LogP contribution in [0.5, 0.6) is 0 Å². The predicted octanol–water partition coefficient (Wildman–Crippen LogP) is 7.42. The molecule has 0 radical (unpaired) electrons. The molecule has 11 nitrogen and oxygen atoms in total. The molecule has 0 bridgehead atoms. The maximum atomic E-state index is 12.6. The van der Waals surface area contributed by atoms with Gasteiger partial charge in [-0.25, -0.2) is 33.9 Å². The Morgan fingerprint density at radius 1 is 0.476 bits per heavy atom. The molecule has 42 heavy (non-hydrogen) atoms. The van der Waals surface area contributed by atoms with Crippen molar-refractivity contribution in [3.63, 3.8) is 0 Å². The minimum absolute atomic E-state index is 0.280. The largest absolute Gasteiger partial charge is 0.514 e. The topological polar surface area (TPSA) is 125 Å². The average Bonchev–Trinajstić information content (AvgIpc) is 2.76. The second-order valence-electron chi connectivity index (χ2n) is 14.3. The maximum Gasteiger partial charge on any atom is 0.514 e. The molecule has 0 aliphatic heterocycles. The van der Waals surface area contributed by atoms with Crippen molar-refractivity contribution in [1.82, 2.24) is 0 Å². The SMILES string of the molecule is C/C(=C\CC(C)(C)OOC(C)(C)C)C(=O)OC(C)(C)OC(=O)OC(C)(C)OC(=O)/C(C)=C/CC(C)(C)OOC(C)(C)C. The molecule has 0 rings (SSSR count). The van der Waals surface area contributed by atoms with Gasteiger partial charge in [-0.05, 0) is 95.9 Å². The quantitative estimate of drug-likeness (QED) is 0.0648. The van der Waals surface area contributed by atoms with Gasteiger partial charge in [0.2, 0.25) is 0 Å². The number of rotatable bonds is 14. The van der Waals surface area contributed by atoms with E-state index in [1.165, 1.54) is 27.7 Å². The minimum Gasteiger partial charge on any atom is -0.420 e. The molecule has 0 aromatic heterocycles. The van der Waals surface area contributed by atoms with Crippen molar-refractivity contribution in [1.29, 1.82) is 0 Å². The molecule has 0 fully saturated rings. The summed E-state index contributed by atoms with van der Waals surface area (Å²) in [5.41, 5.74) is -1.81. The molecule has 0 aliphatic carbocycles. The van der Waals surface area contributed by atoms with Gasteiger partial charge in [-0.1, -0.05) is 12.2 Å². The van der Waals surface area contributed by atoms with Crippen LogP contribution >= 0.6 is 0 Å². The van der Waals surface area contributed by atoms with Crippen molar-refractivity contribution < 1.29 is 52.9 Å². The summed E-state index contributed by atoms with van der Waals surface area (Å²) in [6.45, 7) is 27.1. The van der Waals surface area contributed by atoms with Crippen LogP contribution in [0.4, 0.5) is 4.79 Å². The third-order valence-corrected chi connectivity index (χ3v) is 4.81. The van der Waals surface area contributed by atoms with Crippen molar-refractivity contribution in [2.24, 2.45) is 0 Å². The molecule has 0 heterocycles. The lowest BCUT2D eigenvalue weighted by molar-refractivity contribution is -0.396. The molecule has 0 N–H and O–H groups in total. The van der Waals surface area contributed by atoms with Crippen LogP contribution in [0.3, 0.4) is 0 Å². The first-order chi connectivity index (χ1) is 18.5. The summed E-state index contributed by atoms with van der Waals surface area (Å²) in [5.74, 6) is -4.76. The Morgan fingerprint density at radius 3 is 1.02 bits per heavy atom. The number of hydrogen-bond acceptors (Lipinski definition) is 11. The standard InChI is InChI=1S/C31H54O11/c1-21(17-19-28(9,10)41-39-26(3,4)5)23(32)35-30(13,14)37-25(34)38-31(15,16)36-24(33)22(2)18-20-29(11,12)42-40-27(6,7)8/h17-18H,19-20H2,1-16H3/b21-17+,22-18+. The zero-order valence-electron chi connectivity index (χ0n) is 28.6. The zero-order valence-corrected chi connectivity index (χ0v) is 28.6. The highest BCUT2D eigenvalue weighted by atomic mass is 17.2. The average molecular weight is 603 g/mol. The van der Waals surface area contributed by atoms with Crippen molar-refractivity contribution in [3.05, 3.63) is 23.3 Å². The van der Waals surface area contributed by atoms with Gasteiger partial charge in [-0.3, -0.25) is 0 Å². The van der Waals surface area contributed by atoms with Gasteiger partial charge in [-0.15, -0.1) is 0 Å². The number of ether oxygens (including phenoxy) is 4. The van der Waals surface area contributed by atoms with E-state index in [0.717, 1.165) is 0 Å². The van der Waals surface area contributed by atoms with Crippen LogP contribution in [-0.2, 0) is 48.1 Å². The van der Waals surface area contributed by atoms with Crippen molar-refractivity contribution in [3.8, 4) is 0 Å². The van der Waals surface area contributed by atoms with E-state index in [1.54, 1.807) is 26.0 Å². The number of hydrogen-bond donors (Lipinski definition) is 0. The van der Waals surface area contributed by atoms with Crippen LogP contribution in [-0.4, -0.2) is 52.1 Å². The summed E-state index contributed by atoms with van der Waals surface area (Å²) >= 11 is 0. The molecule has 0 aliphatic rings. The molecule has 11 heteroatoms. The lowest BCUT2D eigenvalue weighted by Crippen LogP contribution is -2.39. The van der Waals surface area contributed by atoms with Gasteiger partial charge in [0.25, 0.3) is 11.6 Å². The Hall–Kier alpha value is -2.47. The number of carbonyl (C=O) groups is 3. The summed E-state index contributed by atoms with van der Waals surface area (Å²) < 4.78 is 21.1. The summed E-state index contributed by atoms with van der Waals surface area (Å²) in [6, 6.07) is 0. The van der Waals surface area contributed by atoms with E-state index in [0.29, 0.717) is 12.8 Å². The monoisotopic (exact) mass is 602 g/mol. The fourth-order valence-electron chi connectivity index (χ4n) is 2.58.